The molecule has 1 atom stereocenters. The molecule has 2 heteroatoms. The van der Waals surface area contributed by atoms with Gasteiger partial charge in [0.1, 0.15) is 0 Å². The molecule has 2 nitrogen and oxygen atoms in total. The van der Waals surface area contributed by atoms with Crippen LogP contribution in [0.3, 0.4) is 0 Å². The standard InChI is InChI=1S/C8H17NO/c9-6-8(2-1-5-10)7-3-4-7/h7-8,10H,1-6,9H2/t8-/m1/s1. The Bertz CT molecular complexity index is 91.3. The molecule has 0 aromatic heterocycles. The Kier molecular flexibility index (Phi) is 3.16. The zero-order valence-electron chi connectivity index (χ0n) is 6.42. The number of aliphatic hydroxyl groups excluding tert-OH is 1. The number of hydrogen-bond acceptors (Lipinski definition) is 2. The summed E-state index contributed by atoms with van der Waals surface area (Å²) < 4.78 is 0. The molecule has 0 spiro atoms. The maximum absolute atomic E-state index is 8.57. The highest BCUT2D eigenvalue weighted by atomic mass is 16.2. The minimum Gasteiger partial charge on any atom is -0.396 e. The topological polar surface area (TPSA) is 46.2 Å². The summed E-state index contributed by atoms with van der Waals surface area (Å²) in [5, 5.41) is 8.57. The van der Waals surface area contributed by atoms with Gasteiger partial charge in [0.05, 0.1) is 0 Å². The molecule has 0 aromatic carbocycles. The molecule has 0 heterocycles. The second kappa shape index (κ2) is 3.94. The molecule has 60 valence electrons. The SMILES string of the molecule is NC[C@@H](CCCO)C1CC1. The van der Waals surface area contributed by atoms with E-state index in [4.69, 9.17) is 10.8 Å². The summed E-state index contributed by atoms with van der Waals surface area (Å²) in [5.41, 5.74) is 5.57. The van der Waals surface area contributed by atoms with E-state index in [9.17, 15) is 0 Å². The summed E-state index contributed by atoms with van der Waals surface area (Å²) in [6.07, 6.45) is 4.79. The molecule has 0 aliphatic heterocycles. The van der Waals surface area contributed by atoms with Crippen LogP contribution in [0.1, 0.15) is 25.7 Å². The minimum atomic E-state index is 0.323. The second-order valence-electron chi connectivity index (χ2n) is 3.20. The quantitative estimate of drug-likeness (QED) is 0.596. The van der Waals surface area contributed by atoms with Crippen LogP contribution in [0.5, 0.6) is 0 Å². The van der Waals surface area contributed by atoms with Crippen molar-refractivity contribution in [1.82, 2.24) is 0 Å². The summed E-state index contributed by atoms with van der Waals surface area (Å²) in [6.45, 7) is 1.13. The van der Waals surface area contributed by atoms with Gasteiger partial charge in [-0.1, -0.05) is 0 Å². The van der Waals surface area contributed by atoms with Crippen molar-refractivity contribution in [2.75, 3.05) is 13.2 Å². The van der Waals surface area contributed by atoms with Crippen molar-refractivity contribution in [3.8, 4) is 0 Å². The van der Waals surface area contributed by atoms with Crippen LogP contribution in [-0.2, 0) is 0 Å². The normalized spacial score (nSPS) is 21.0. The van der Waals surface area contributed by atoms with E-state index in [0.29, 0.717) is 12.5 Å². The molecule has 0 aromatic rings. The highest BCUT2D eigenvalue weighted by Gasteiger charge is 2.29. The van der Waals surface area contributed by atoms with Gasteiger partial charge in [-0.2, -0.15) is 0 Å². The van der Waals surface area contributed by atoms with Crippen LogP contribution in [0.15, 0.2) is 0 Å². The van der Waals surface area contributed by atoms with Crippen LogP contribution in [0.25, 0.3) is 0 Å². The van der Waals surface area contributed by atoms with E-state index in [1.165, 1.54) is 12.8 Å². The van der Waals surface area contributed by atoms with Crippen molar-refractivity contribution < 1.29 is 5.11 Å². The largest absolute Gasteiger partial charge is 0.396 e. The first-order valence-corrected chi connectivity index (χ1v) is 4.19. The Labute approximate surface area is 62.4 Å². The molecular weight excluding hydrogens is 126 g/mol. The Hall–Kier alpha value is -0.0800. The third kappa shape index (κ3) is 2.27. The number of aliphatic hydroxyl groups is 1. The van der Waals surface area contributed by atoms with E-state index < -0.39 is 0 Å². The van der Waals surface area contributed by atoms with Crippen molar-refractivity contribution in [1.29, 1.82) is 0 Å². The zero-order valence-corrected chi connectivity index (χ0v) is 6.42. The van der Waals surface area contributed by atoms with E-state index in [0.717, 1.165) is 25.3 Å². The molecule has 1 fully saturated rings. The van der Waals surface area contributed by atoms with E-state index >= 15 is 0 Å². The third-order valence-corrected chi connectivity index (χ3v) is 2.32. The lowest BCUT2D eigenvalue weighted by molar-refractivity contribution is 0.267. The molecule has 1 aliphatic rings. The lowest BCUT2D eigenvalue weighted by Crippen LogP contribution is -2.16. The average Bonchev–Trinajstić information content (AvgIpc) is 2.73. The van der Waals surface area contributed by atoms with E-state index in [1.807, 2.05) is 0 Å². The number of rotatable bonds is 5. The van der Waals surface area contributed by atoms with Crippen LogP contribution < -0.4 is 5.73 Å². The average molecular weight is 143 g/mol. The fourth-order valence-electron chi connectivity index (χ4n) is 1.47. The monoisotopic (exact) mass is 143 g/mol. The van der Waals surface area contributed by atoms with Crippen molar-refractivity contribution in [3.05, 3.63) is 0 Å². The Morgan fingerprint density at radius 2 is 2.20 bits per heavy atom. The molecule has 1 saturated carbocycles. The van der Waals surface area contributed by atoms with Gasteiger partial charge in [0.25, 0.3) is 0 Å². The van der Waals surface area contributed by atoms with E-state index in [2.05, 4.69) is 0 Å². The van der Waals surface area contributed by atoms with Gasteiger partial charge in [-0.3, -0.25) is 0 Å². The fourth-order valence-corrected chi connectivity index (χ4v) is 1.47. The van der Waals surface area contributed by atoms with Crippen molar-refractivity contribution in [2.24, 2.45) is 17.6 Å². The first-order valence-electron chi connectivity index (χ1n) is 4.19. The van der Waals surface area contributed by atoms with Crippen molar-refractivity contribution in [2.45, 2.75) is 25.7 Å². The van der Waals surface area contributed by atoms with Crippen LogP contribution in [0.4, 0.5) is 0 Å². The van der Waals surface area contributed by atoms with Crippen LogP contribution in [-0.4, -0.2) is 18.3 Å². The molecule has 1 rings (SSSR count). The number of hydrogen-bond donors (Lipinski definition) is 2. The second-order valence-corrected chi connectivity index (χ2v) is 3.20. The molecule has 0 bridgehead atoms. The van der Waals surface area contributed by atoms with Gasteiger partial charge in [0.15, 0.2) is 0 Å². The molecule has 0 saturated heterocycles. The molecule has 0 radical (unpaired) electrons. The van der Waals surface area contributed by atoms with Gasteiger partial charge in [-0.15, -0.1) is 0 Å². The molecule has 0 amide bonds. The van der Waals surface area contributed by atoms with Gasteiger partial charge in [0.2, 0.25) is 0 Å². The van der Waals surface area contributed by atoms with Crippen molar-refractivity contribution in [3.63, 3.8) is 0 Å². The van der Waals surface area contributed by atoms with Gasteiger partial charge in [0, 0.05) is 6.61 Å². The molecule has 0 unspecified atom stereocenters. The summed E-state index contributed by atoms with van der Waals surface area (Å²) in [6, 6.07) is 0. The lowest BCUT2D eigenvalue weighted by atomic mass is 9.98. The molecule has 10 heavy (non-hydrogen) atoms. The smallest absolute Gasteiger partial charge is 0.0431 e. The van der Waals surface area contributed by atoms with Gasteiger partial charge < -0.3 is 10.8 Å². The molecule has 3 N–H and O–H groups in total. The summed E-state index contributed by atoms with van der Waals surface area (Å²) in [7, 11) is 0. The Morgan fingerprint density at radius 3 is 2.60 bits per heavy atom. The summed E-state index contributed by atoms with van der Waals surface area (Å²) in [5.74, 6) is 1.60. The van der Waals surface area contributed by atoms with Crippen LogP contribution in [0, 0.1) is 11.8 Å². The van der Waals surface area contributed by atoms with Gasteiger partial charge in [-0.05, 0) is 44.1 Å². The first-order chi connectivity index (χ1) is 4.88. The Morgan fingerprint density at radius 1 is 1.50 bits per heavy atom. The zero-order chi connectivity index (χ0) is 7.40. The fraction of sp³-hybridized carbons (Fsp3) is 1.00. The predicted octanol–water partition coefficient (Wildman–Crippen LogP) is 0.744. The van der Waals surface area contributed by atoms with Gasteiger partial charge >= 0.3 is 0 Å². The lowest BCUT2D eigenvalue weighted by Gasteiger charge is -2.11. The van der Waals surface area contributed by atoms with E-state index in [-0.39, 0.29) is 0 Å². The third-order valence-electron chi connectivity index (χ3n) is 2.32. The van der Waals surface area contributed by atoms with Gasteiger partial charge in [-0.25, -0.2) is 0 Å². The van der Waals surface area contributed by atoms with Crippen molar-refractivity contribution >= 4 is 0 Å². The highest BCUT2D eigenvalue weighted by Crippen LogP contribution is 2.38. The minimum absolute atomic E-state index is 0.323. The summed E-state index contributed by atoms with van der Waals surface area (Å²) in [4.78, 5) is 0. The maximum Gasteiger partial charge on any atom is 0.0431 e. The molecule has 1 aliphatic carbocycles. The predicted molar refractivity (Wildman–Crippen MR) is 41.6 cm³/mol. The molecular formula is C8H17NO. The summed E-state index contributed by atoms with van der Waals surface area (Å²) >= 11 is 0. The first kappa shape index (κ1) is 8.02. The number of nitrogens with two attached hydrogens (primary N) is 1. The highest BCUT2D eigenvalue weighted by molar-refractivity contribution is 4.81. The van der Waals surface area contributed by atoms with Crippen LogP contribution >= 0.6 is 0 Å². The van der Waals surface area contributed by atoms with Crippen LogP contribution in [0.2, 0.25) is 0 Å². The maximum atomic E-state index is 8.57. The van der Waals surface area contributed by atoms with E-state index in [1.54, 1.807) is 0 Å². The Balaban J connectivity index is 2.07.